The van der Waals surface area contributed by atoms with Crippen molar-refractivity contribution in [3.8, 4) is 11.5 Å². The molecule has 0 aromatic heterocycles. The molecule has 0 aliphatic carbocycles. The third-order valence-electron chi connectivity index (χ3n) is 4.24. The zero-order valence-corrected chi connectivity index (χ0v) is 13.5. The van der Waals surface area contributed by atoms with Gasteiger partial charge in [-0.05, 0) is 47.9 Å². The van der Waals surface area contributed by atoms with Gasteiger partial charge < -0.3 is 15.5 Å². The van der Waals surface area contributed by atoms with Crippen molar-refractivity contribution in [2.75, 3.05) is 13.1 Å². The van der Waals surface area contributed by atoms with Gasteiger partial charge in [0, 0.05) is 12.5 Å². The van der Waals surface area contributed by atoms with Gasteiger partial charge in [-0.1, -0.05) is 12.1 Å². The lowest BCUT2D eigenvalue weighted by atomic mass is 9.87. The van der Waals surface area contributed by atoms with Crippen molar-refractivity contribution in [2.45, 2.75) is 17.2 Å². The summed E-state index contributed by atoms with van der Waals surface area (Å²) in [6.45, 7) is 1.02. The second kappa shape index (κ2) is 6.04. The van der Waals surface area contributed by atoms with Gasteiger partial charge in [-0.25, -0.2) is 17.9 Å². The van der Waals surface area contributed by atoms with E-state index in [1.165, 1.54) is 18.2 Å². The van der Waals surface area contributed by atoms with E-state index in [-0.39, 0.29) is 10.8 Å². The van der Waals surface area contributed by atoms with Gasteiger partial charge in [-0.15, -0.1) is 0 Å². The number of nitrogens with one attached hydrogen (secondary N) is 1. The smallest absolute Gasteiger partial charge is 0.238 e. The topological polar surface area (TPSA) is 113 Å². The summed E-state index contributed by atoms with van der Waals surface area (Å²) in [4.78, 5) is -0.00668. The monoisotopic (exact) mass is 352 g/mol. The SMILES string of the molecule is NS(=O)(=O)c1ccc(C2CNCCc3c2cc(O)c(O)c3F)cc1. The maximum atomic E-state index is 14.3. The van der Waals surface area contributed by atoms with Gasteiger partial charge in [0.05, 0.1) is 4.90 Å². The Hall–Kier alpha value is -2.16. The van der Waals surface area contributed by atoms with Gasteiger partial charge in [0.1, 0.15) is 0 Å². The molecular weight excluding hydrogens is 335 g/mol. The third-order valence-corrected chi connectivity index (χ3v) is 5.17. The highest BCUT2D eigenvalue weighted by Gasteiger charge is 2.26. The lowest BCUT2D eigenvalue weighted by molar-refractivity contribution is 0.375. The maximum absolute atomic E-state index is 14.3. The number of sulfonamides is 1. The predicted octanol–water partition coefficient (Wildman–Crippen LogP) is 1.16. The Kier molecular flexibility index (Phi) is 4.20. The molecule has 0 bridgehead atoms. The van der Waals surface area contributed by atoms with Crippen LogP contribution in [0.15, 0.2) is 35.2 Å². The molecule has 5 N–H and O–H groups in total. The molecule has 1 unspecified atom stereocenters. The number of nitrogens with two attached hydrogens (primary N) is 1. The molecule has 2 aromatic carbocycles. The van der Waals surface area contributed by atoms with Gasteiger partial charge in [0.15, 0.2) is 17.3 Å². The van der Waals surface area contributed by atoms with Crippen LogP contribution in [0.2, 0.25) is 0 Å². The second-order valence-corrected chi connectivity index (χ2v) is 7.31. The molecule has 1 aliphatic heterocycles. The lowest BCUT2D eigenvalue weighted by Gasteiger charge is -2.19. The number of rotatable bonds is 2. The van der Waals surface area contributed by atoms with Gasteiger partial charge >= 0.3 is 0 Å². The summed E-state index contributed by atoms with van der Waals surface area (Å²) >= 11 is 0. The van der Waals surface area contributed by atoms with Crippen LogP contribution in [0.25, 0.3) is 0 Å². The molecule has 0 amide bonds. The first-order valence-electron chi connectivity index (χ1n) is 7.35. The summed E-state index contributed by atoms with van der Waals surface area (Å²) in [5, 5.41) is 27.6. The van der Waals surface area contributed by atoms with Crippen LogP contribution < -0.4 is 10.5 Å². The lowest BCUT2D eigenvalue weighted by Crippen LogP contribution is -2.21. The molecule has 0 fully saturated rings. The summed E-state index contributed by atoms with van der Waals surface area (Å²) in [5.74, 6) is -2.38. The quantitative estimate of drug-likeness (QED) is 0.606. The highest BCUT2D eigenvalue weighted by molar-refractivity contribution is 7.89. The minimum atomic E-state index is -3.79. The van der Waals surface area contributed by atoms with E-state index in [0.717, 1.165) is 5.56 Å². The van der Waals surface area contributed by atoms with E-state index in [4.69, 9.17) is 5.14 Å². The molecule has 24 heavy (non-hydrogen) atoms. The number of primary sulfonamides is 1. The van der Waals surface area contributed by atoms with Crippen molar-refractivity contribution in [1.29, 1.82) is 0 Å². The fourth-order valence-electron chi connectivity index (χ4n) is 3.01. The maximum Gasteiger partial charge on any atom is 0.238 e. The highest BCUT2D eigenvalue weighted by Crippen LogP contribution is 2.39. The van der Waals surface area contributed by atoms with E-state index in [1.54, 1.807) is 12.1 Å². The van der Waals surface area contributed by atoms with Crippen LogP contribution >= 0.6 is 0 Å². The first-order valence-corrected chi connectivity index (χ1v) is 8.90. The van der Waals surface area contributed by atoms with Crippen molar-refractivity contribution in [2.24, 2.45) is 5.14 Å². The van der Waals surface area contributed by atoms with E-state index in [1.807, 2.05) is 0 Å². The summed E-state index contributed by atoms with van der Waals surface area (Å²) in [7, 11) is -3.79. The van der Waals surface area contributed by atoms with Gasteiger partial charge in [0.25, 0.3) is 0 Å². The van der Waals surface area contributed by atoms with Crippen molar-refractivity contribution < 1.29 is 23.0 Å². The average Bonchev–Trinajstić information content (AvgIpc) is 2.74. The molecule has 2 aromatic rings. The number of fused-ring (bicyclic) bond motifs is 1. The van der Waals surface area contributed by atoms with Crippen molar-refractivity contribution in [3.05, 3.63) is 52.8 Å². The van der Waals surface area contributed by atoms with E-state index in [9.17, 15) is 23.0 Å². The Morgan fingerprint density at radius 3 is 2.50 bits per heavy atom. The normalized spacial score (nSPS) is 18.0. The molecule has 8 heteroatoms. The largest absolute Gasteiger partial charge is 0.504 e. The van der Waals surface area contributed by atoms with Crippen molar-refractivity contribution in [3.63, 3.8) is 0 Å². The minimum absolute atomic E-state index is 0.00668. The molecule has 1 aliphatic rings. The zero-order chi connectivity index (χ0) is 17.5. The van der Waals surface area contributed by atoms with Crippen LogP contribution in [0.1, 0.15) is 22.6 Å². The molecule has 0 radical (unpaired) electrons. The van der Waals surface area contributed by atoms with Gasteiger partial charge in [-0.3, -0.25) is 0 Å². The Morgan fingerprint density at radius 2 is 1.88 bits per heavy atom. The number of phenolic OH excluding ortho intramolecular Hbond substituents is 2. The number of phenols is 2. The predicted molar refractivity (Wildman–Crippen MR) is 86.0 cm³/mol. The molecular formula is C16H17FN2O4S. The molecule has 0 spiro atoms. The van der Waals surface area contributed by atoms with E-state index >= 15 is 0 Å². The van der Waals surface area contributed by atoms with Gasteiger partial charge in [0.2, 0.25) is 10.0 Å². The van der Waals surface area contributed by atoms with Crippen LogP contribution in [0.3, 0.4) is 0 Å². The number of halogens is 1. The van der Waals surface area contributed by atoms with Crippen LogP contribution in [-0.4, -0.2) is 31.7 Å². The molecule has 0 saturated heterocycles. The summed E-state index contributed by atoms with van der Waals surface area (Å²) in [6.07, 6.45) is 0.376. The molecule has 128 valence electrons. The highest BCUT2D eigenvalue weighted by atomic mass is 32.2. The molecule has 6 nitrogen and oxygen atoms in total. The molecule has 3 rings (SSSR count). The van der Waals surface area contributed by atoms with Crippen LogP contribution in [-0.2, 0) is 16.4 Å². The second-order valence-electron chi connectivity index (χ2n) is 5.75. The first kappa shape index (κ1) is 16.7. The Balaban J connectivity index is 2.10. The average molecular weight is 352 g/mol. The van der Waals surface area contributed by atoms with Gasteiger partial charge in [-0.2, -0.15) is 0 Å². The summed E-state index contributed by atoms with van der Waals surface area (Å²) < 4.78 is 37.0. The fourth-order valence-corrected chi connectivity index (χ4v) is 3.52. The Bertz CT molecular complexity index is 882. The number of aromatic hydroxyl groups is 2. The summed E-state index contributed by atoms with van der Waals surface area (Å²) in [6, 6.07) is 7.38. The van der Waals surface area contributed by atoms with E-state index < -0.39 is 27.3 Å². The number of benzene rings is 2. The molecule has 1 atom stereocenters. The number of hydrogen-bond acceptors (Lipinski definition) is 5. The molecule has 1 heterocycles. The van der Waals surface area contributed by atoms with E-state index in [0.29, 0.717) is 30.6 Å². The van der Waals surface area contributed by atoms with Crippen molar-refractivity contribution in [1.82, 2.24) is 5.32 Å². The fraction of sp³-hybridized carbons (Fsp3) is 0.250. The first-order chi connectivity index (χ1) is 11.3. The Labute approximate surface area is 138 Å². The zero-order valence-electron chi connectivity index (χ0n) is 12.7. The molecule has 0 saturated carbocycles. The third kappa shape index (κ3) is 2.95. The van der Waals surface area contributed by atoms with Crippen LogP contribution in [0.4, 0.5) is 4.39 Å². The van der Waals surface area contributed by atoms with E-state index in [2.05, 4.69) is 5.32 Å². The summed E-state index contributed by atoms with van der Waals surface area (Å²) in [5.41, 5.74) is 1.66. The van der Waals surface area contributed by atoms with Crippen LogP contribution in [0.5, 0.6) is 11.5 Å². The van der Waals surface area contributed by atoms with Crippen LogP contribution in [0, 0.1) is 5.82 Å². The Morgan fingerprint density at radius 1 is 1.21 bits per heavy atom. The standard InChI is InChI=1S/C16H17FN2O4S/c17-15-11-5-6-19-8-13(12(11)7-14(20)16(15)21)9-1-3-10(4-2-9)24(18,22)23/h1-4,7,13,19-21H,5-6,8H2,(H2,18,22,23). The van der Waals surface area contributed by atoms with Crippen molar-refractivity contribution >= 4 is 10.0 Å². The number of hydrogen-bond donors (Lipinski definition) is 4. The minimum Gasteiger partial charge on any atom is -0.504 e.